The minimum Gasteiger partial charge on any atom is -0.489 e. The fourth-order valence-corrected chi connectivity index (χ4v) is 7.01. The SMILES string of the molecule is C=C(Cl)/C(C[C@H](OC(=O)c1ccc(S(=O)(=O)Nc2cccc(C(=O)N(C)C)c2)s1)c1ccc(OC(F)F)c(OCC2CC2)c1)=C(\C)Cl. The number of carbonyl (C=O) groups is 2. The van der Waals surface area contributed by atoms with Gasteiger partial charge in [-0.15, -0.1) is 11.3 Å². The largest absolute Gasteiger partial charge is 0.489 e. The Kier molecular flexibility index (Phi) is 11.9. The van der Waals surface area contributed by atoms with Crippen molar-refractivity contribution in [3.63, 3.8) is 0 Å². The van der Waals surface area contributed by atoms with Gasteiger partial charge in [-0.1, -0.05) is 41.9 Å². The van der Waals surface area contributed by atoms with Crippen molar-refractivity contribution in [3.05, 3.63) is 92.8 Å². The predicted molar refractivity (Wildman–Crippen MR) is 177 cm³/mol. The lowest BCUT2D eigenvalue weighted by Crippen LogP contribution is -2.21. The highest BCUT2D eigenvalue weighted by molar-refractivity contribution is 7.94. The van der Waals surface area contributed by atoms with Crippen LogP contribution in [0.1, 0.15) is 57.9 Å². The Bertz CT molecular complexity index is 1790. The van der Waals surface area contributed by atoms with Gasteiger partial charge >= 0.3 is 12.6 Å². The summed E-state index contributed by atoms with van der Waals surface area (Å²) in [5.74, 6) is -0.999. The number of rotatable bonds is 15. The number of ether oxygens (including phenoxy) is 3. The monoisotopic (exact) mass is 728 g/mol. The smallest absolute Gasteiger partial charge is 0.387 e. The lowest BCUT2D eigenvalue weighted by atomic mass is 10.00. The van der Waals surface area contributed by atoms with Crippen molar-refractivity contribution in [3.8, 4) is 11.5 Å². The van der Waals surface area contributed by atoms with E-state index in [1.165, 1.54) is 47.4 Å². The van der Waals surface area contributed by atoms with Crippen LogP contribution in [-0.2, 0) is 14.8 Å². The first-order valence-electron chi connectivity index (χ1n) is 14.2. The maximum absolute atomic E-state index is 13.4. The van der Waals surface area contributed by atoms with Gasteiger partial charge in [0.2, 0.25) is 0 Å². The minimum atomic E-state index is -4.15. The predicted octanol–water partition coefficient (Wildman–Crippen LogP) is 8.19. The number of anilines is 1. The van der Waals surface area contributed by atoms with Crippen molar-refractivity contribution in [1.82, 2.24) is 4.90 Å². The molecule has 2 aromatic carbocycles. The number of amides is 1. The standard InChI is InChI=1S/C32H32Cl2F2N2O7S2/c1-18(33)24(19(2)34)16-26(21-10-11-25(45-32(35)36)27(15-21)43-17-20-8-9-20)44-31(40)28-12-13-29(46-28)47(41,42)37-23-7-5-6-22(14-23)30(39)38(3)4/h5-7,10-15,20,26,32,37H,1,8-9,16-17H2,2-4H3/b24-19+/t26-/m0/s1. The Balaban J connectivity index is 1.60. The molecular formula is C32H32Cl2F2N2O7S2. The Morgan fingerprint density at radius 1 is 1.09 bits per heavy atom. The molecule has 9 nitrogen and oxygen atoms in total. The Labute approximate surface area is 285 Å². The highest BCUT2D eigenvalue weighted by atomic mass is 35.5. The third kappa shape index (κ3) is 9.92. The molecule has 1 amide bonds. The van der Waals surface area contributed by atoms with E-state index < -0.39 is 28.7 Å². The fourth-order valence-electron chi connectivity index (χ4n) is 4.32. The quantitative estimate of drug-likeness (QED) is 0.124. The summed E-state index contributed by atoms with van der Waals surface area (Å²) < 4.78 is 71.1. The second kappa shape index (κ2) is 15.5. The second-order valence-corrected chi connectivity index (χ2v) is 14.9. The van der Waals surface area contributed by atoms with Crippen molar-refractivity contribution in [2.45, 2.75) is 43.1 Å². The molecule has 1 aromatic heterocycles. The molecule has 0 bridgehead atoms. The van der Waals surface area contributed by atoms with Gasteiger partial charge in [-0.3, -0.25) is 9.52 Å². The van der Waals surface area contributed by atoms with Crippen LogP contribution >= 0.6 is 34.5 Å². The van der Waals surface area contributed by atoms with Crippen molar-refractivity contribution >= 4 is 62.1 Å². The molecule has 0 spiro atoms. The van der Waals surface area contributed by atoms with Crippen LogP contribution in [0.3, 0.4) is 0 Å². The first-order chi connectivity index (χ1) is 22.1. The normalized spacial score (nSPS) is 14.2. The van der Waals surface area contributed by atoms with Crippen LogP contribution in [0.4, 0.5) is 14.5 Å². The Hall–Kier alpha value is -3.65. The van der Waals surface area contributed by atoms with E-state index in [9.17, 15) is 26.8 Å². The van der Waals surface area contributed by atoms with Gasteiger partial charge in [0.25, 0.3) is 15.9 Å². The maximum Gasteiger partial charge on any atom is 0.387 e. The summed E-state index contributed by atoms with van der Waals surface area (Å²) in [6.45, 7) is 2.53. The maximum atomic E-state index is 13.4. The fraction of sp³-hybridized carbons (Fsp3) is 0.312. The average Bonchev–Trinajstić information content (AvgIpc) is 3.68. The number of alkyl halides is 2. The van der Waals surface area contributed by atoms with Crippen LogP contribution in [0.2, 0.25) is 0 Å². The first kappa shape index (κ1) is 36.2. The topological polar surface area (TPSA) is 111 Å². The third-order valence-corrected chi connectivity index (χ3v) is 10.3. The molecule has 3 aromatic rings. The summed E-state index contributed by atoms with van der Waals surface area (Å²) in [7, 11) is -0.993. The lowest BCUT2D eigenvalue weighted by molar-refractivity contribution is -0.0515. The van der Waals surface area contributed by atoms with Crippen molar-refractivity contribution in [1.29, 1.82) is 0 Å². The van der Waals surface area contributed by atoms with E-state index in [0.717, 1.165) is 12.8 Å². The van der Waals surface area contributed by atoms with Crippen LogP contribution in [0.25, 0.3) is 0 Å². The Morgan fingerprint density at radius 3 is 2.43 bits per heavy atom. The molecule has 1 atom stereocenters. The molecule has 0 unspecified atom stereocenters. The first-order valence-corrected chi connectivity index (χ1v) is 17.3. The summed E-state index contributed by atoms with van der Waals surface area (Å²) in [6, 6.07) is 12.7. The molecule has 0 aliphatic heterocycles. The van der Waals surface area contributed by atoms with Crippen LogP contribution in [0.15, 0.2) is 81.0 Å². The molecule has 1 heterocycles. The Morgan fingerprint density at radius 2 is 1.81 bits per heavy atom. The van der Waals surface area contributed by atoms with E-state index in [0.29, 0.717) is 40.0 Å². The molecule has 4 rings (SSSR count). The zero-order chi connectivity index (χ0) is 34.5. The van der Waals surface area contributed by atoms with Crippen LogP contribution in [0, 0.1) is 5.92 Å². The van der Waals surface area contributed by atoms with Crippen LogP contribution < -0.4 is 14.2 Å². The number of sulfonamides is 1. The average molecular weight is 730 g/mol. The van der Waals surface area contributed by atoms with Gasteiger partial charge < -0.3 is 19.1 Å². The van der Waals surface area contributed by atoms with Gasteiger partial charge in [-0.2, -0.15) is 8.78 Å². The van der Waals surface area contributed by atoms with E-state index in [2.05, 4.69) is 16.0 Å². The molecule has 0 radical (unpaired) electrons. The van der Waals surface area contributed by atoms with Gasteiger partial charge in [-0.05, 0) is 79.3 Å². The summed E-state index contributed by atoms with van der Waals surface area (Å²) in [5, 5.41) is 0.397. The molecule has 1 saturated carbocycles. The highest BCUT2D eigenvalue weighted by Crippen LogP contribution is 2.39. The number of nitrogens with one attached hydrogen (secondary N) is 1. The zero-order valence-corrected chi connectivity index (χ0v) is 28.7. The zero-order valence-electron chi connectivity index (χ0n) is 25.6. The summed E-state index contributed by atoms with van der Waals surface area (Å²) in [6.07, 6.45) is 0.814. The van der Waals surface area contributed by atoms with E-state index in [1.54, 1.807) is 33.2 Å². The highest BCUT2D eigenvalue weighted by Gasteiger charge is 2.27. The molecule has 1 aliphatic rings. The van der Waals surface area contributed by atoms with Crippen LogP contribution in [0.5, 0.6) is 11.5 Å². The number of esters is 1. The number of benzene rings is 2. The molecule has 1 aliphatic carbocycles. The number of halogens is 4. The van der Waals surface area contributed by atoms with Gasteiger partial charge in [0.15, 0.2) is 11.5 Å². The van der Waals surface area contributed by atoms with Gasteiger partial charge in [0.1, 0.15) is 15.2 Å². The van der Waals surface area contributed by atoms with Crippen molar-refractivity contribution in [2.24, 2.45) is 5.92 Å². The van der Waals surface area contributed by atoms with Gasteiger partial charge in [0, 0.05) is 41.8 Å². The molecule has 47 heavy (non-hydrogen) atoms. The molecule has 1 fully saturated rings. The van der Waals surface area contributed by atoms with Crippen LogP contribution in [-0.4, -0.2) is 52.5 Å². The number of allylic oxidation sites excluding steroid dienone is 2. The second-order valence-electron chi connectivity index (χ2n) is 10.9. The summed E-state index contributed by atoms with van der Waals surface area (Å²) in [5.41, 5.74) is 1.18. The molecule has 252 valence electrons. The third-order valence-electron chi connectivity index (χ3n) is 6.92. The number of hydrogen-bond acceptors (Lipinski definition) is 8. The van der Waals surface area contributed by atoms with E-state index in [4.69, 9.17) is 32.7 Å². The number of thiophene rings is 1. The van der Waals surface area contributed by atoms with E-state index in [-0.39, 0.29) is 49.2 Å². The van der Waals surface area contributed by atoms with E-state index >= 15 is 0 Å². The number of nitrogens with zero attached hydrogens (tertiary/aromatic N) is 1. The lowest BCUT2D eigenvalue weighted by Gasteiger charge is -2.22. The van der Waals surface area contributed by atoms with Crippen molar-refractivity contribution < 1.29 is 41.0 Å². The van der Waals surface area contributed by atoms with Gasteiger partial charge in [-0.25, -0.2) is 13.2 Å². The summed E-state index contributed by atoms with van der Waals surface area (Å²) >= 11 is 13.1. The summed E-state index contributed by atoms with van der Waals surface area (Å²) in [4.78, 5) is 27.1. The number of hydrogen-bond donors (Lipinski definition) is 1. The molecule has 0 saturated heterocycles. The van der Waals surface area contributed by atoms with Gasteiger partial charge in [0.05, 0.1) is 6.61 Å². The minimum absolute atomic E-state index is 0.0346. The number of carbonyl (C=O) groups excluding carboxylic acids is 2. The van der Waals surface area contributed by atoms with Crippen molar-refractivity contribution in [2.75, 3.05) is 25.4 Å². The molecule has 1 N–H and O–H groups in total. The molecular weight excluding hydrogens is 697 g/mol. The molecule has 15 heteroatoms. The van der Waals surface area contributed by atoms with E-state index in [1.807, 2.05) is 0 Å².